The van der Waals surface area contributed by atoms with Gasteiger partial charge in [0, 0.05) is 5.69 Å². The molecule has 0 aromatic heterocycles. The summed E-state index contributed by atoms with van der Waals surface area (Å²) in [4.78, 5) is 12.4. The van der Waals surface area contributed by atoms with Gasteiger partial charge in [0.1, 0.15) is 23.9 Å². The van der Waals surface area contributed by atoms with Crippen LogP contribution >= 0.6 is 11.6 Å². The largest absolute Gasteiger partial charge is 0.495 e. The highest BCUT2D eigenvalue weighted by atomic mass is 35.5. The molecule has 0 aliphatic heterocycles. The van der Waals surface area contributed by atoms with Crippen molar-refractivity contribution in [2.45, 2.75) is 4.90 Å². The van der Waals surface area contributed by atoms with Crippen molar-refractivity contribution >= 4 is 38.9 Å². The lowest BCUT2D eigenvalue weighted by molar-refractivity contribution is -0.114. The zero-order valence-corrected chi connectivity index (χ0v) is 17.8. The second-order valence-corrected chi connectivity index (χ2v) is 8.61. The molecule has 6 nitrogen and oxygen atoms in total. The van der Waals surface area contributed by atoms with Crippen molar-refractivity contribution in [2.75, 3.05) is 23.3 Å². The molecule has 162 valence electrons. The third kappa shape index (κ3) is 5.31. The van der Waals surface area contributed by atoms with E-state index in [1.807, 2.05) is 0 Å². The lowest BCUT2D eigenvalue weighted by atomic mass is 10.3. The Bertz CT molecular complexity index is 1190. The van der Waals surface area contributed by atoms with E-state index >= 15 is 0 Å². The average molecular weight is 467 g/mol. The molecular formula is C21H17ClF2N2O4S. The van der Waals surface area contributed by atoms with Crippen molar-refractivity contribution in [1.29, 1.82) is 0 Å². The van der Waals surface area contributed by atoms with Gasteiger partial charge in [-0.3, -0.25) is 9.10 Å². The molecule has 0 spiro atoms. The third-order valence-electron chi connectivity index (χ3n) is 4.24. The van der Waals surface area contributed by atoms with Crippen molar-refractivity contribution in [3.63, 3.8) is 0 Å². The maximum absolute atomic E-state index is 13.4. The van der Waals surface area contributed by atoms with E-state index in [-0.39, 0.29) is 15.6 Å². The standard InChI is InChI=1S/C21H17ClF2N2O4S/c1-30-20-11-6-16(12-19(20)22)25-21(27)13-26(17-7-2-14(23)3-8-17)31(28,29)18-9-4-15(24)5-10-18/h2-12H,13H2,1H3,(H,25,27). The van der Waals surface area contributed by atoms with Crippen LogP contribution in [0.1, 0.15) is 0 Å². The van der Waals surface area contributed by atoms with E-state index in [1.54, 1.807) is 12.1 Å². The molecule has 1 N–H and O–H groups in total. The van der Waals surface area contributed by atoms with E-state index in [0.717, 1.165) is 40.7 Å². The van der Waals surface area contributed by atoms with Crippen LogP contribution in [-0.2, 0) is 14.8 Å². The SMILES string of the molecule is COc1ccc(NC(=O)CN(c2ccc(F)cc2)S(=O)(=O)c2ccc(F)cc2)cc1Cl. The van der Waals surface area contributed by atoms with Gasteiger partial charge in [-0.05, 0) is 66.7 Å². The van der Waals surface area contributed by atoms with Gasteiger partial charge in [-0.25, -0.2) is 17.2 Å². The van der Waals surface area contributed by atoms with Crippen LogP contribution in [0.25, 0.3) is 0 Å². The highest BCUT2D eigenvalue weighted by Crippen LogP contribution is 2.28. The van der Waals surface area contributed by atoms with Gasteiger partial charge in [-0.1, -0.05) is 11.6 Å². The Morgan fingerprint density at radius 3 is 2.13 bits per heavy atom. The number of nitrogens with one attached hydrogen (secondary N) is 1. The van der Waals surface area contributed by atoms with E-state index in [9.17, 15) is 22.0 Å². The van der Waals surface area contributed by atoms with Crippen LogP contribution in [0.15, 0.2) is 71.6 Å². The van der Waals surface area contributed by atoms with Gasteiger partial charge in [0.15, 0.2) is 0 Å². The summed E-state index contributed by atoms with van der Waals surface area (Å²) >= 11 is 6.05. The summed E-state index contributed by atoms with van der Waals surface area (Å²) in [6.45, 7) is -0.616. The molecule has 0 saturated carbocycles. The summed E-state index contributed by atoms with van der Waals surface area (Å²) in [6, 6.07) is 13.3. The van der Waals surface area contributed by atoms with E-state index < -0.39 is 34.1 Å². The van der Waals surface area contributed by atoms with Crippen LogP contribution in [0, 0.1) is 11.6 Å². The maximum Gasteiger partial charge on any atom is 0.264 e. The molecule has 0 aliphatic rings. The summed E-state index contributed by atoms with van der Waals surface area (Å²) in [5, 5.41) is 2.82. The molecular weight excluding hydrogens is 450 g/mol. The first-order valence-corrected chi connectivity index (χ1v) is 10.7. The third-order valence-corrected chi connectivity index (χ3v) is 6.32. The lowest BCUT2D eigenvalue weighted by Gasteiger charge is -2.24. The highest BCUT2D eigenvalue weighted by Gasteiger charge is 2.27. The molecule has 31 heavy (non-hydrogen) atoms. The normalized spacial score (nSPS) is 11.1. The van der Waals surface area contributed by atoms with Crippen molar-refractivity contribution in [3.05, 3.63) is 83.4 Å². The van der Waals surface area contributed by atoms with Gasteiger partial charge in [-0.15, -0.1) is 0 Å². The zero-order valence-electron chi connectivity index (χ0n) is 16.2. The number of amides is 1. The summed E-state index contributed by atoms with van der Waals surface area (Å²) in [7, 11) is -2.81. The lowest BCUT2D eigenvalue weighted by Crippen LogP contribution is -2.38. The monoisotopic (exact) mass is 466 g/mol. The van der Waals surface area contributed by atoms with Gasteiger partial charge < -0.3 is 10.1 Å². The Balaban J connectivity index is 1.91. The molecule has 0 atom stereocenters. The number of methoxy groups -OCH3 is 1. The van der Waals surface area contributed by atoms with Crippen LogP contribution < -0.4 is 14.4 Å². The number of sulfonamides is 1. The predicted octanol–water partition coefficient (Wildman–Crippen LogP) is 4.46. The average Bonchev–Trinajstić information content (AvgIpc) is 2.73. The zero-order chi connectivity index (χ0) is 22.6. The van der Waals surface area contributed by atoms with E-state index in [2.05, 4.69) is 5.32 Å². The number of anilines is 2. The van der Waals surface area contributed by atoms with E-state index in [1.165, 1.54) is 25.3 Å². The molecule has 0 bridgehead atoms. The van der Waals surface area contributed by atoms with Crippen LogP contribution in [0.4, 0.5) is 20.2 Å². The Hall–Kier alpha value is -3.17. The molecule has 0 fully saturated rings. The number of nitrogens with zero attached hydrogens (tertiary/aromatic N) is 1. The smallest absolute Gasteiger partial charge is 0.264 e. The maximum atomic E-state index is 13.4. The number of ether oxygens (including phenoxy) is 1. The second kappa shape index (κ2) is 9.32. The minimum Gasteiger partial charge on any atom is -0.495 e. The highest BCUT2D eigenvalue weighted by molar-refractivity contribution is 7.92. The Labute approximate surface area is 183 Å². The predicted molar refractivity (Wildman–Crippen MR) is 114 cm³/mol. The van der Waals surface area contributed by atoms with Gasteiger partial charge in [-0.2, -0.15) is 0 Å². The number of benzene rings is 3. The first-order chi connectivity index (χ1) is 14.7. The fourth-order valence-electron chi connectivity index (χ4n) is 2.73. The van der Waals surface area contributed by atoms with Crippen molar-refractivity contribution < 1.29 is 26.7 Å². The Kier molecular flexibility index (Phi) is 6.77. The molecule has 0 radical (unpaired) electrons. The number of halogens is 3. The molecule has 0 saturated heterocycles. The van der Waals surface area contributed by atoms with E-state index in [0.29, 0.717) is 11.4 Å². The molecule has 0 heterocycles. The van der Waals surface area contributed by atoms with Gasteiger partial charge in [0.05, 0.1) is 22.7 Å². The van der Waals surface area contributed by atoms with Crippen LogP contribution in [0.3, 0.4) is 0 Å². The minimum absolute atomic E-state index is 0.0636. The van der Waals surface area contributed by atoms with E-state index in [4.69, 9.17) is 16.3 Å². The fourth-order valence-corrected chi connectivity index (χ4v) is 4.41. The van der Waals surface area contributed by atoms with Crippen molar-refractivity contribution in [3.8, 4) is 5.75 Å². The molecule has 3 aromatic rings. The van der Waals surface area contributed by atoms with Crippen molar-refractivity contribution in [2.24, 2.45) is 0 Å². The Morgan fingerprint density at radius 1 is 1.00 bits per heavy atom. The topological polar surface area (TPSA) is 75.7 Å². The fraction of sp³-hybridized carbons (Fsp3) is 0.0952. The molecule has 3 rings (SSSR count). The van der Waals surface area contributed by atoms with Crippen LogP contribution in [0.2, 0.25) is 5.02 Å². The van der Waals surface area contributed by atoms with Crippen molar-refractivity contribution in [1.82, 2.24) is 0 Å². The summed E-state index contributed by atoms with van der Waals surface area (Å²) < 4.78 is 58.7. The quantitative estimate of drug-likeness (QED) is 0.557. The summed E-state index contributed by atoms with van der Waals surface area (Å²) in [6.07, 6.45) is 0. The molecule has 0 aliphatic carbocycles. The summed E-state index contributed by atoms with van der Waals surface area (Å²) in [5.74, 6) is -1.44. The number of carbonyl (C=O) groups is 1. The number of rotatable bonds is 7. The van der Waals surface area contributed by atoms with Gasteiger partial charge >= 0.3 is 0 Å². The molecule has 10 heteroatoms. The van der Waals surface area contributed by atoms with Gasteiger partial charge in [0.2, 0.25) is 5.91 Å². The van der Waals surface area contributed by atoms with Crippen LogP contribution in [-0.4, -0.2) is 28.0 Å². The number of hydrogen-bond donors (Lipinski definition) is 1. The Morgan fingerprint density at radius 2 is 1.58 bits per heavy atom. The molecule has 1 amide bonds. The minimum atomic E-state index is -4.25. The molecule has 0 unspecified atom stereocenters. The van der Waals surface area contributed by atoms with Gasteiger partial charge in [0.25, 0.3) is 10.0 Å². The first-order valence-electron chi connectivity index (χ1n) is 8.88. The van der Waals surface area contributed by atoms with Crippen LogP contribution in [0.5, 0.6) is 5.75 Å². The first kappa shape index (κ1) is 22.5. The second-order valence-electron chi connectivity index (χ2n) is 6.34. The summed E-state index contributed by atoms with van der Waals surface area (Å²) in [5.41, 5.74) is 0.391. The number of hydrogen-bond acceptors (Lipinski definition) is 4. The number of carbonyl (C=O) groups excluding carboxylic acids is 1. The molecule has 3 aromatic carbocycles.